The fraction of sp³-hybridized carbons (Fsp3) is 0.227. The quantitative estimate of drug-likeness (QED) is 0.596. The van der Waals surface area contributed by atoms with Gasteiger partial charge in [0, 0.05) is 6.54 Å². The number of nitrogens with one attached hydrogen (secondary N) is 2. The van der Waals surface area contributed by atoms with Crippen LogP contribution in [-0.2, 0) is 4.79 Å². The zero-order chi connectivity index (χ0) is 19.1. The molecule has 1 atom stereocenters. The number of hydrogen-bond donors (Lipinski definition) is 2. The fourth-order valence-electron chi connectivity index (χ4n) is 2.85. The Morgan fingerprint density at radius 2 is 1.78 bits per heavy atom. The molecule has 3 rings (SSSR count). The molecule has 0 saturated heterocycles. The van der Waals surface area contributed by atoms with Crippen LogP contribution in [-0.4, -0.2) is 25.6 Å². The largest absolute Gasteiger partial charge is 0.489 e. The van der Waals surface area contributed by atoms with Gasteiger partial charge in [-0.1, -0.05) is 48.5 Å². The number of hydrogen-bond acceptors (Lipinski definition) is 3. The monoisotopic (exact) mass is 366 g/mol. The van der Waals surface area contributed by atoms with Crippen molar-refractivity contribution in [1.29, 1.82) is 0 Å². The van der Waals surface area contributed by atoms with Gasteiger partial charge in [-0.3, -0.25) is 4.79 Å². The maximum atomic E-state index is 13.4. The Bertz CT molecular complexity index is 913. The van der Waals surface area contributed by atoms with Gasteiger partial charge in [-0.2, -0.15) is 0 Å². The molecule has 0 aromatic heterocycles. The number of fused-ring (bicyclic) bond motifs is 1. The second-order valence-electron chi connectivity index (χ2n) is 6.35. The summed E-state index contributed by atoms with van der Waals surface area (Å²) in [5, 5.41) is 8.31. The number of halogens is 1. The summed E-state index contributed by atoms with van der Waals surface area (Å²) in [5.41, 5.74) is 1.06. The lowest BCUT2D eigenvalue weighted by Gasteiger charge is -2.15. The van der Waals surface area contributed by atoms with Crippen LogP contribution in [0.3, 0.4) is 0 Å². The lowest BCUT2D eigenvalue weighted by atomic mass is 10.0. The van der Waals surface area contributed by atoms with Gasteiger partial charge in [0.25, 0.3) is 0 Å². The molecule has 0 aliphatic rings. The Kier molecular flexibility index (Phi) is 6.39. The first-order valence-electron chi connectivity index (χ1n) is 8.99. The van der Waals surface area contributed by atoms with Gasteiger partial charge in [0.05, 0.1) is 12.6 Å². The molecular formula is C22H23FN2O2. The van der Waals surface area contributed by atoms with Gasteiger partial charge in [-0.25, -0.2) is 4.39 Å². The third-order valence-electron chi connectivity index (χ3n) is 4.31. The van der Waals surface area contributed by atoms with Crippen molar-refractivity contribution < 1.29 is 13.9 Å². The summed E-state index contributed by atoms with van der Waals surface area (Å²) in [6.45, 7) is 2.88. The minimum absolute atomic E-state index is 0.0847. The molecule has 0 heterocycles. The van der Waals surface area contributed by atoms with Crippen molar-refractivity contribution >= 4 is 16.7 Å². The van der Waals surface area contributed by atoms with Gasteiger partial charge in [-0.15, -0.1) is 0 Å². The van der Waals surface area contributed by atoms with Crippen molar-refractivity contribution in [3.05, 3.63) is 78.1 Å². The molecule has 140 valence electrons. The molecule has 0 aliphatic heterocycles. The highest BCUT2D eigenvalue weighted by atomic mass is 19.1. The van der Waals surface area contributed by atoms with Crippen molar-refractivity contribution in [1.82, 2.24) is 10.6 Å². The fourth-order valence-corrected chi connectivity index (χ4v) is 2.85. The Labute approximate surface area is 158 Å². The standard InChI is InChI=1S/C22H23FN2O2/c1-16(18-11-10-17-6-2-3-7-19(17)14-18)25-22(26)15-24-12-13-27-21-9-5-4-8-20(21)23/h2-11,14,16,24H,12-13,15H2,1H3,(H,25,26)/t16-/m1/s1. The Balaban J connectivity index is 1.41. The molecule has 0 aliphatic carbocycles. The summed E-state index contributed by atoms with van der Waals surface area (Å²) in [4.78, 5) is 12.1. The van der Waals surface area contributed by atoms with Crippen molar-refractivity contribution in [2.45, 2.75) is 13.0 Å². The Hall–Kier alpha value is -2.92. The summed E-state index contributed by atoms with van der Waals surface area (Å²) >= 11 is 0. The highest BCUT2D eigenvalue weighted by molar-refractivity contribution is 5.83. The topological polar surface area (TPSA) is 50.4 Å². The molecule has 0 saturated carbocycles. The van der Waals surface area contributed by atoms with Gasteiger partial charge < -0.3 is 15.4 Å². The van der Waals surface area contributed by atoms with Crippen molar-refractivity contribution in [2.75, 3.05) is 19.7 Å². The maximum Gasteiger partial charge on any atom is 0.234 e. The minimum atomic E-state index is -0.389. The van der Waals surface area contributed by atoms with E-state index in [1.807, 2.05) is 25.1 Å². The average molecular weight is 366 g/mol. The van der Waals surface area contributed by atoms with E-state index >= 15 is 0 Å². The molecule has 0 spiro atoms. The molecule has 0 bridgehead atoms. The first-order valence-corrected chi connectivity index (χ1v) is 8.99. The molecule has 3 aromatic carbocycles. The Morgan fingerprint density at radius 1 is 1.04 bits per heavy atom. The summed E-state index contributed by atoms with van der Waals surface area (Å²) in [5.74, 6) is -0.269. The van der Waals surface area contributed by atoms with Gasteiger partial charge >= 0.3 is 0 Å². The highest BCUT2D eigenvalue weighted by Gasteiger charge is 2.10. The molecule has 3 aromatic rings. The van der Waals surface area contributed by atoms with Crippen LogP contribution in [0.15, 0.2) is 66.7 Å². The minimum Gasteiger partial charge on any atom is -0.489 e. The molecule has 1 amide bonds. The number of carbonyl (C=O) groups excluding carboxylic acids is 1. The highest BCUT2D eigenvalue weighted by Crippen LogP contribution is 2.20. The molecule has 0 unspecified atom stereocenters. The van der Waals surface area contributed by atoms with Crippen molar-refractivity contribution in [2.24, 2.45) is 0 Å². The smallest absolute Gasteiger partial charge is 0.234 e. The van der Waals surface area contributed by atoms with Crippen LogP contribution in [0.4, 0.5) is 4.39 Å². The van der Waals surface area contributed by atoms with Crippen molar-refractivity contribution in [3.63, 3.8) is 0 Å². The molecule has 0 radical (unpaired) electrons. The van der Waals surface area contributed by atoms with E-state index in [1.165, 1.54) is 11.5 Å². The molecule has 2 N–H and O–H groups in total. The van der Waals surface area contributed by atoms with Crippen LogP contribution < -0.4 is 15.4 Å². The normalized spacial score (nSPS) is 11.9. The first kappa shape index (κ1) is 18.9. The summed E-state index contributed by atoms with van der Waals surface area (Å²) < 4.78 is 18.8. The van der Waals surface area contributed by atoms with Crippen LogP contribution in [0.25, 0.3) is 10.8 Å². The number of amides is 1. The molecule has 5 heteroatoms. The summed E-state index contributed by atoms with van der Waals surface area (Å²) in [6, 6.07) is 20.5. The van der Waals surface area contributed by atoms with Crippen LogP contribution in [0, 0.1) is 5.82 Å². The zero-order valence-corrected chi connectivity index (χ0v) is 15.2. The molecular weight excluding hydrogens is 343 g/mol. The van der Waals surface area contributed by atoms with E-state index in [-0.39, 0.29) is 36.7 Å². The number of para-hydroxylation sites is 1. The van der Waals surface area contributed by atoms with Crippen LogP contribution in [0.2, 0.25) is 0 Å². The molecule has 4 nitrogen and oxygen atoms in total. The van der Waals surface area contributed by atoms with E-state index in [2.05, 4.69) is 34.9 Å². The van der Waals surface area contributed by atoms with E-state index < -0.39 is 0 Å². The predicted octanol–water partition coefficient (Wildman–Crippen LogP) is 3.82. The number of rotatable bonds is 8. The second kappa shape index (κ2) is 9.14. The van der Waals surface area contributed by atoms with Crippen LogP contribution in [0.1, 0.15) is 18.5 Å². The first-order chi connectivity index (χ1) is 13.1. The van der Waals surface area contributed by atoms with E-state index in [9.17, 15) is 9.18 Å². The number of ether oxygens (including phenoxy) is 1. The van der Waals surface area contributed by atoms with E-state index in [1.54, 1.807) is 18.2 Å². The number of carbonyl (C=O) groups is 1. The number of benzene rings is 3. The average Bonchev–Trinajstić information content (AvgIpc) is 2.68. The van der Waals surface area contributed by atoms with E-state index in [0.717, 1.165) is 10.9 Å². The van der Waals surface area contributed by atoms with Gasteiger partial charge in [-0.05, 0) is 41.5 Å². The predicted molar refractivity (Wildman–Crippen MR) is 105 cm³/mol. The van der Waals surface area contributed by atoms with Gasteiger partial charge in [0.2, 0.25) is 5.91 Å². The third kappa shape index (κ3) is 5.28. The summed E-state index contributed by atoms with van der Waals surface area (Å²) in [7, 11) is 0. The second-order valence-corrected chi connectivity index (χ2v) is 6.35. The van der Waals surface area contributed by atoms with Crippen LogP contribution in [0.5, 0.6) is 5.75 Å². The van der Waals surface area contributed by atoms with Gasteiger partial charge in [0.15, 0.2) is 11.6 Å². The van der Waals surface area contributed by atoms with Gasteiger partial charge in [0.1, 0.15) is 6.61 Å². The SMILES string of the molecule is C[C@@H](NC(=O)CNCCOc1ccccc1F)c1ccc2ccccc2c1. The van der Waals surface area contributed by atoms with E-state index in [0.29, 0.717) is 6.54 Å². The lowest BCUT2D eigenvalue weighted by Crippen LogP contribution is -2.36. The summed E-state index contributed by atoms with van der Waals surface area (Å²) in [6.07, 6.45) is 0. The van der Waals surface area contributed by atoms with Crippen LogP contribution >= 0.6 is 0 Å². The lowest BCUT2D eigenvalue weighted by molar-refractivity contribution is -0.120. The molecule has 0 fully saturated rings. The van der Waals surface area contributed by atoms with E-state index in [4.69, 9.17) is 4.74 Å². The zero-order valence-electron chi connectivity index (χ0n) is 15.2. The maximum absolute atomic E-state index is 13.4. The van der Waals surface area contributed by atoms with Crippen molar-refractivity contribution in [3.8, 4) is 5.75 Å². The Morgan fingerprint density at radius 3 is 2.59 bits per heavy atom. The third-order valence-corrected chi connectivity index (χ3v) is 4.31. The molecule has 27 heavy (non-hydrogen) atoms.